The van der Waals surface area contributed by atoms with Crippen LogP contribution in [0.4, 0.5) is 11.4 Å². The zero-order valence-electron chi connectivity index (χ0n) is 17.2. The number of nitrogens with one attached hydrogen (secondary N) is 1. The number of hydrogen-bond acceptors (Lipinski definition) is 4. The molecule has 2 aromatic carbocycles. The lowest BCUT2D eigenvalue weighted by Crippen LogP contribution is -2.48. The molecule has 0 saturated carbocycles. The second kappa shape index (κ2) is 9.96. The zero-order valence-corrected chi connectivity index (χ0v) is 17.2. The Labute approximate surface area is 172 Å². The van der Waals surface area contributed by atoms with E-state index in [0.717, 1.165) is 49.5 Å². The summed E-state index contributed by atoms with van der Waals surface area (Å²) >= 11 is 0. The smallest absolute Gasteiger partial charge is 0.262 e. The molecule has 154 valence electrons. The van der Waals surface area contributed by atoms with E-state index in [1.54, 1.807) is 0 Å². The van der Waals surface area contributed by atoms with Gasteiger partial charge in [0.05, 0.1) is 0 Å². The monoisotopic (exact) mass is 395 g/mol. The third-order valence-corrected chi connectivity index (χ3v) is 5.00. The van der Waals surface area contributed by atoms with Gasteiger partial charge in [0, 0.05) is 44.0 Å². The van der Waals surface area contributed by atoms with E-state index in [4.69, 9.17) is 4.74 Å². The van der Waals surface area contributed by atoms with Gasteiger partial charge in [-0.1, -0.05) is 24.6 Å². The molecule has 6 nitrogen and oxygen atoms in total. The summed E-state index contributed by atoms with van der Waals surface area (Å²) in [7, 11) is 0. The van der Waals surface area contributed by atoms with Gasteiger partial charge in [0.15, 0.2) is 6.61 Å². The molecule has 0 unspecified atom stereocenters. The molecule has 1 aliphatic heterocycles. The van der Waals surface area contributed by atoms with E-state index < -0.39 is 0 Å². The fourth-order valence-corrected chi connectivity index (χ4v) is 3.32. The number of piperazine rings is 1. The zero-order chi connectivity index (χ0) is 20.6. The van der Waals surface area contributed by atoms with Crippen LogP contribution in [0.1, 0.15) is 25.3 Å². The maximum atomic E-state index is 12.1. The van der Waals surface area contributed by atoms with Crippen LogP contribution in [0.2, 0.25) is 0 Å². The summed E-state index contributed by atoms with van der Waals surface area (Å²) in [6.07, 6.45) is 1.52. The van der Waals surface area contributed by atoms with Crippen LogP contribution in [0.5, 0.6) is 5.75 Å². The number of carbonyl (C=O) groups excluding carboxylic acids is 2. The van der Waals surface area contributed by atoms with Gasteiger partial charge in [-0.3, -0.25) is 9.59 Å². The van der Waals surface area contributed by atoms with Gasteiger partial charge >= 0.3 is 0 Å². The Morgan fingerprint density at radius 2 is 1.62 bits per heavy atom. The molecule has 6 heteroatoms. The van der Waals surface area contributed by atoms with Crippen molar-refractivity contribution in [3.05, 3.63) is 54.1 Å². The Balaban J connectivity index is 1.45. The first-order chi connectivity index (χ1) is 14.0. The first-order valence-corrected chi connectivity index (χ1v) is 10.2. The maximum Gasteiger partial charge on any atom is 0.262 e. The van der Waals surface area contributed by atoms with Crippen LogP contribution in [0.15, 0.2) is 48.5 Å². The number of nitrogens with zero attached hydrogens (tertiary/aromatic N) is 2. The fourth-order valence-electron chi connectivity index (χ4n) is 3.32. The highest BCUT2D eigenvalue weighted by Gasteiger charge is 2.20. The van der Waals surface area contributed by atoms with Gasteiger partial charge in [0.25, 0.3) is 5.91 Å². The molecule has 0 aliphatic carbocycles. The molecule has 29 heavy (non-hydrogen) atoms. The normalized spacial score (nSPS) is 13.9. The molecule has 1 heterocycles. The van der Waals surface area contributed by atoms with Crippen molar-refractivity contribution < 1.29 is 14.3 Å². The molecule has 0 radical (unpaired) electrons. The third kappa shape index (κ3) is 5.98. The molecule has 2 amide bonds. The molecule has 1 aliphatic rings. The number of ether oxygens (including phenoxy) is 1. The van der Waals surface area contributed by atoms with Crippen LogP contribution >= 0.6 is 0 Å². The second-order valence-corrected chi connectivity index (χ2v) is 7.31. The molecule has 1 fully saturated rings. The lowest BCUT2D eigenvalue weighted by Gasteiger charge is -2.36. The quantitative estimate of drug-likeness (QED) is 0.780. The number of hydrogen-bond donors (Lipinski definition) is 1. The number of anilines is 2. The summed E-state index contributed by atoms with van der Waals surface area (Å²) in [6.45, 7) is 7.17. The van der Waals surface area contributed by atoms with Gasteiger partial charge in [0.1, 0.15) is 5.75 Å². The summed E-state index contributed by atoms with van der Waals surface area (Å²) in [5.74, 6) is 0.733. The molecular formula is C23H29N3O3. The van der Waals surface area contributed by atoms with Gasteiger partial charge in [-0.15, -0.1) is 0 Å². The van der Waals surface area contributed by atoms with E-state index in [9.17, 15) is 9.59 Å². The average molecular weight is 396 g/mol. The minimum absolute atomic E-state index is 0.0292. The van der Waals surface area contributed by atoms with E-state index in [1.165, 1.54) is 0 Å². The van der Waals surface area contributed by atoms with E-state index in [-0.39, 0.29) is 18.4 Å². The molecule has 3 rings (SSSR count). The van der Waals surface area contributed by atoms with Crippen LogP contribution < -0.4 is 15.0 Å². The Morgan fingerprint density at radius 3 is 2.24 bits per heavy atom. The Morgan fingerprint density at radius 1 is 0.966 bits per heavy atom. The summed E-state index contributed by atoms with van der Waals surface area (Å²) in [5.41, 5.74) is 2.99. The number of amides is 2. The molecular weight excluding hydrogens is 366 g/mol. The highest BCUT2D eigenvalue weighted by atomic mass is 16.5. The van der Waals surface area contributed by atoms with Gasteiger partial charge in [-0.2, -0.15) is 0 Å². The van der Waals surface area contributed by atoms with Crippen molar-refractivity contribution in [3.63, 3.8) is 0 Å². The van der Waals surface area contributed by atoms with Gasteiger partial charge in [-0.25, -0.2) is 0 Å². The van der Waals surface area contributed by atoms with Crippen LogP contribution in [0.3, 0.4) is 0 Å². The van der Waals surface area contributed by atoms with Crippen molar-refractivity contribution in [2.45, 2.75) is 26.7 Å². The van der Waals surface area contributed by atoms with Crippen molar-refractivity contribution in [2.75, 3.05) is 43.0 Å². The maximum absolute atomic E-state index is 12.1. The van der Waals surface area contributed by atoms with Gasteiger partial charge in [0.2, 0.25) is 5.91 Å². The standard InChI is InChI=1S/C23H29N3O3/c1-3-4-23(28)26-15-13-25(14-16-26)20-9-7-19(8-10-20)24-22(27)17-29-21-11-5-18(2)6-12-21/h5-12H,3-4,13-17H2,1-2H3,(H,24,27). The second-order valence-electron chi connectivity index (χ2n) is 7.31. The van der Waals surface area contributed by atoms with Crippen molar-refractivity contribution >= 4 is 23.2 Å². The number of aryl methyl sites for hydroxylation is 1. The summed E-state index contributed by atoms with van der Waals surface area (Å²) in [4.78, 5) is 28.3. The van der Waals surface area contributed by atoms with Crippen LogP contribution in [-0.4, -0.2) is 49.5 Å². The molecule has 1 saturated heterocycles. The minimum Gasteiger partial charge on any atom is -0.484 e. The average Bonchev–Trinajstić information content (AvgIpc) is 2.74. The minimum atomic E-state index is -0.193. The van der Waals surface area contributed by atoms with Crippen molar-refractivity contribution in [1.82, 2.24) is 4.90 Å². The summed E-state index contributed by atoms with van der Waals surface area (Å²) in [6, 6.07) is 15.4. The Bertz CT molecular complexity index is 810. The van der Waals surface area contributed by atoms with Crippen LogP contribution in [-0.2, 0) is 9.59 Å². The fraction of sp³-hybridized carbons (Fsp3) is 0.391. The lowest BCUT2D eigenvalue weighted by molar-refractivity contribution is -0.131. The first kappa shape index (κ1) is 20.7. The first-order valence-electron chi connectivity index (χ1n) is 10.2. The highest BCUT2D eigenvalue weighted by molar-refractivity contribution is 5.92. The number of rotatable bonds is 7. The largest absolute Gasteiger partial charge is 0.484 e. The molecule has 0 atom stereocenters. The highest BCUT2D eigenvalue weighted by Crippen LogP contribution is 2.20. The Kier molecular flexibility index (Phi) is 7.11. The lowest BCUT2D eigenvalue weighted by atomic mass is 10.2. The molecule has 0 aromatic heterocycles. The topological polar surface area (TPSA) is 61.9 Å². The summed E-state index contributed by atoms with van der Waals surface area (Å²) < 4.78 is 5.51. The number of carbonyl (C=O) groups is 2. The van der Waals surface area contributed by atoms with Crippen molar-refractivity contribution in [3.8, 4) is 5.75 Å². The van der Waals surface area contributed by atoms with E-state index in [1.807, 2.05) is 67.3 Å². The van der Waals surface area contributed by atoms with Crippen LogP contribution in [0, 0.1) is 6.92 Å². The van der Waals surface area contributed by atoms with E-state index in [0.29, 0.717) is 12.2 Å². The van der Waals surface area contributed by atoms with Crippen molar-refractivity contribution in [1.29, 1.82) is 0 Å². The predicted molar refractivity (Wildman–Crippen MR) is 115 cm³/mol. The molecule has 1 N–H and O–H groups in total. The van der Waals surface area contributed by atoms with Crippen LogP contribution in [0.25, 0.3) is 0 Å². The summed E-state index contributed by atoms with van der Waals surface area (Å²) in [5, 5.41) is 2.85. The van der Waals surface area contributed by atoms with E-state index in [2.05, 4.69) is 10.2 Å². The molecule has 0 bridgehead atoms. The molecule has 0 spiro atoms. The van der Waals surface area contributed by atoms with Gasteiger partial charge in [-0.05, 0) is 49.7 Å². The van der Waals surface area contributed by atoms with E-state index >= 15 is 0 Å². The third-order valence-electron chi connectivity index (χ3n) is 5.00. The Hall–Kier alpha value is -3.02. The molecule has 2 aromatic rings. The van der Waals surface area contributed by atoms with Crippen molar-refractivity contribution in [2.24, 2.45) is 0 Å². The van der Waals surface area contributed by atoms with Gasteiger partial charge < -0.3 is 19.9 Å². The predicted octanol–water partition coefficient (Wildman–Crippen LogP) is 3.46. The number of benzene rings is 2. The SMILES string of the molecule is CCCC(=O)N1CCN(c2ccc(NC(=O)COc3ccc(C)cc3)cc2)CC1.